The predicted molar refractivity (Wildman–Crippen MR) is 82.7 cm³/mol. The lowest BCUT2D eigenvalue weighted by molar-refractivity contribution is 0.600. The first-order valence-corrected chi connectivity index (χ1v) is 8.19. The largest absolute Gasteiger partial charge is 0.378 e. The lowest BCUT2D eigenvalue weighted by Gasteiger charge is -2.17. The summed E-state index contributed by atoms with van der Waals surface area (Å²) in [6.45, 7) is 1.92. The summed E-state index contributed by atoms with van der Waals surface area (Å²) in [6.07, 6.45) is 1.68. The Morgan fingerprint density at radius 2 is 1.95 bits per heavy atom. The van der Waals surface area contributed by atoms with E-state index in [0.29, 0.717) is 11.3 Å². The van der Waals surface area contributed by atoms with Crippen LogP contribution in [-0.4, -0.2) is 10.5 Å². The van der Waals surface area contributed by atoms with Crippen molar-refractivity contribution in [3.8, 4) is 0 Å². The first-order valence-electron chi connectivity index (χ1n) is 6.46. The maximum Gasteiger partial charge on any atom is 0.128 e. The molecule has 0 unspecified atom stereocenters. The van der Waals surface area contributed by atoms with E-state index in [1.165, 1.54) is 6.07 Å². The minimum Gasteiger partial charge on any atom is -0.378 e. The molecular formula is C16H18FNOS. The average Bonchev–Trinajstić information content (AvgIpc) is 2.38. The standard InChI is InChI=1S/C16H18FNOS/c1-12(15-8-3-4-9-16(15)17)18-14-7-5-6-13(10-14)11-20(2)19/h3-10,12,18H,11H2,1-2H3/t12-,20-/m0/s1. The number of anilines is 1. The van der Waals surface area contributed by atoms with Crippen LogP contribution in [0, 0.1) is 5.82 Å². The molecular weight excluding hydrogens is 273 g/mol. The third-order valence-electron chi connectivity index (χ3n) is 3.05. The Bertz CT molecular complexity index is 615. The van der Waals surface area contributed by atoms with Crippen LogP contribution in [0.2, 0.25) is 0 Å². The van der Waals surface area contributed by atoms with Crippen LogP contribution in [-0.2, 0) is 16.6 Å². The molecule has 2 aromatic carbocycles. The fourth-order valence-corrected chi connectivity index (χ4v) is 2.79. The van der Waals surface area contributed by atoms with Gasteiger partial charge in [-0.3, -0.25) is 4.21 Å². The van der Waals surface area contributed by atoms with E-state index in [0.717, 1.165) is 11.3 Å². The highest BCUT2D eigenvalue weighted by Gasteiger charge is 2.10. The molecule has 0 fully saturated rings. The molecule has 0 aliphatic carbocycles. The summed E-state index contributed by atoms with van der Waals surface area (Å²) in [5, 5.41) is 3.27. The molecule has 4 heteroatoms. The summed E-state index contributed by atoms with van der Waals surface area (Å²) >= 11 is 0. The van der Waals surface area contributed by atoms with Crippen LogP contribution in [0.5, 0.6) is 0 Å². The Kier molecular flexibility index (Phi) is 4.90. The molecule has 0 amide bonds. The summed E-state index contributed by atoms with van der Waals surface area (Å²) in [6, 6.07) is 14.4. The smallest absolute Gasteiger partial charge is 0.128 e. The maximum absolute atomic E-state index is 13.7. The third-order valence-corrected chi connectivity index (χ3v) is 3.79. The normalized spacial score (nSPS) is 13.8. The first kappa shape index (κ1) is 14.7. The molecule has 0 saturated carbocycles. The van der Waals surface area contributed by atoms with E-state index in [1.807, 2.05) is 37.3 Å². The number of nitrogens with one attached hydrogen (secondary N) is 1. The third kappa shape index (κ3) is 3.90. The van der Waals surface area contributed by atoms with Crippen molar-refractivity contribution in [1.29, 1.82) is 0 Å². The van der Waals surface area contributed by atoms with Gasteiger partial charge in [-0.1, -0.05) is 30.3 Å². The summed E-state index contributed by atoms with van der Waals surface area (Å²) in [5.41, 5.74) is 2.55. The molecule has 0 aliphatic heterocycles. The van der Waals surface area contributed by atoms with Gasteiger partial charge >= 0.3 is 0 Å². The Hall–Kier alpha value is -1.68. The van der Waals surface area contributed by atoms with Gasteiger partial charge in [0.15, 0.2) is 0 Å². The number of hydrogen-bond donors (Lipinski definition) is 1. The van der Waals surface area contributed by atoms with E-state index in [4.69, 9.17) is 0 Å². The monoisotopic (exact) mass is 291 g/mol. The molecule has 2 aromatic rings. The number of rotatable bonds is 5. The molecule has 0 radical (unpaired) electrons. The van der Waals surface area contributed by atoms with Crippen molar-refractivity contribution < 1.29 is 8.60 Å². The SMILES string of the molecule is C[C@H](Nc1cccc(C[S@](C)=O)c1)c1ccccc1F. The zero-order valence-corrected chi connectivity index (χ0v) is 12.4. The molecule has 0 aliphatic rings. The Morgan fingerprint density at radius 3 is 2.65 bits per heavy atom. The molecule has 0 saturated heterocycles. The van der Waals surface area contributed by atoms with Crippen molar-refractivity contribution in [3.05, 3.63) is 65.5 Å². The maximum atomic E-state index is 13.7. The van der Waals surface area contributed by atoms with Gasteiger partial charge in [0, 0.05) is 34.1 Å². The van der Waals surface area contributed by atoms with Crippen molar-refractivity contribution in [2.24, 2.45) is 0 Å². The van der Waals surface area contributed by atoms with Gasteiger partial charge in [0.25, 0.3) is 0 Å². The molecule has 2 nitrogen and oxygen atoms in total. The van der Waals surface area contributed by atoms with Crippen LogP contribution in [0.4, 0.5) is 10.1 Å². The topological polar surface area (TPSA) is 29.1 Å². The van der Waals surface area contributed by atoms with E-state index < -0.39 is 10.8 Å². The lowest BCUT2D eigenvalue weighted by Crippen LogP contribution is -2.08. The number of halogens is 1. The Labute approximate surface area is 121 Å². The van der Waals surface area contributed by atoms with Crippen molar-refractivity contribution in [1.82, 2.24) is 0 Å². The first-order chi connectivity index (χ1) is 9.56. The second kappa shape index (κ2) is 6.66. The van der Waals surface area contributed by atoms with Gasteiger partial charge in [0.05, 0.1) is 6.04 Å². The summed E-state index contributed by atoms with van der Waals surface area (Å²) in [4.78, 5) is 0. The van der Waals surface area contributed by atoms with Crippen LogP contribution in [0.3, 0.4) is 0 Å². The molecule has 1 N–H and O–H groups in total. The molecule has 2 rings (SSSR count). The summed E-state index contributed by atoms with van der Waals surface area (Å²) in [5.74, 6) is 0.321. The van der Waals surface area contributed by atoms with E-state index in [1.54, 1.807) is 18.4 Å². The molecule has 0 heterocycles. The van der Waals surface area contributed by atoms with E-state index in [2.05, 4.69) is 5.32 Å². The van der Waals surface area contributed by atoms with Crippen molar-refractivity contribution in [2.75, 3.05) is 11.6 Å². The number of benzene rings is 2. The molecule has 20 heavy (non-hydrogen) atoms. The molecule has 0 aromatic heterocycles. The van der Waals surface area contributed by atoms with E-state index in [-0.39, 0.29) is 11.9 Å². The zero-order chi connectivity index (χ0) is 14.5. The predicted octanol–water partition coefficient (Wildman–Crippen LogP) is 3.88. The fourth-order valence-electron chi connectivity index (χ4n) is 2.14. The quantitative estimate of drug-likeness (QED) is 0.906. The zero-order valence-electron chi connectivity index (χ0n) is 11.6. The minimum absolute atomic E-state index is 0.126. The Balaban J connectivity index is 2.13. The van der Waals surface area contributed by atoms with Crippen LogP contribution < -0.4 is 5.32 Å². The highest BCUT2D eigenvalue weighted by molar-refractivity contribution is 7.83. The van der Waals surface area contributed by atoms with Gasteiger partial charge < -0.3 is 5.32 Å². The molecule has 2 atom stereocenters. The van der Waals surface area contributed by atoms with Gasteiger partial charge in [0.2, 0.25) is 0 Å². The summed E-state index contributed by atoms with van der Waals surface area (Å²) < 4.78 is 25.0. The molecule has 0 spiro atoms. The molecule has 0 bridgehead atoms. The van der Waals surface area contributed by atoms with E-state index >= 15 is 0 Å². The fraction of sp³-hybridized carbons (Fsp3) is 0.250. The second-order valence-corrected chi connectivity index (χ2v) is 6.24. The van der Waals surface area contributed by atoms with Gasteiger partial charge in [-0.05, 0) is 30.7 Å². The highest BCUT2D eigenvalue weighted by atomic mass is 32.2. The van der Waals surface area contributed by atoms with Crippen molar-refractivity contribution in [3.63, 3.8) is 0 Å². The Morgan fingerprint density at radius 1 is 1.20 bits per heavy atom. The van der Waals surface area contributed by atoms with Crippen LogP contribution in [0.15, 0.2) is 48.5 Å². The summed E-state index contributed by atoms with van der Waals surface area (Å²) in [7, 11) is -0.865. The second-order valence-electron chi connectivity index (χ2n) is 4.81. The van der Waals surface area contributed by atoms with Crippen molar-refractivity contribution in [2.45, 2.75) is 18.7 Å². The highest BCUT2D eigenvalue weighted by Crippen LogP contribution is 2.22. The van der Waals surface area contributed by atoms with Gasteiger partial charge in [-0.15, -0.1) is 0 Å². The van der Waals surface area contributed by atoms with Gasteiger partial charge in [-0.25, -0.2) is 4.39 Å². The lowest BCUT2D eigenvalue weighted by atomic mass is 10.1. The molecule has 106 valence electrons. The number of hydrogen-bond acceptors (Lipinski definition) is 2. The van der Waals surface area contributed by atoms with Gasteiger partial charge in [-0.2, -0.15) is 0 Å². The van der Waals surface area contributed by atoms with Gasteiger partial charge in [0.1, 0.15) is 5.82 Å². The van der Waals surface area contributed by atoms with E-state index in [9.17, 15) is 8.60 Å². The van der Waals surface area contributed by atoms with Crippen LogP contribution >= 0.6 is 0 Å². The van der Waals surface area contributed by atoms with Crippen LogP contribution in [0.25, 0.3) is 0 Å². The van der Waals surface area contributed by atoms with Crippen LogP contribution in [0.1, 0.15) is 24.1 Å². The van der Waals surface area contributed by atoms with Crippen molar-refractivity contribution >= 4 is 16.5 Å². The minimum atomic E-state index is -0.865. The average molecular weight is 291 g/mol.